The number of aryl methyl sites for hydroxylation is 2. The Morgan fingerprint density at radius 3 is 2.74 bits per heavy atom. The molecule has 0 unspecified atom stereocenters. The second kappa shape index (κ2) is 6.16. The number of nitrogens with zero attached hydrogens (tertiary/aromatic N) is 3. The van der Waals surface area contributed by atoms with E-state index in [2.05, 4.69) is 15.4 Å². The van der Waals surface area contributed by atoms with E-state index in [1.54, 1.807) is 20.4 Å². The fraction of sp³-hybridized carbons (Fsp3) is 0.294. The molecule has 23 heavy (non-hydrogen) atoms. The van der Waals surface area contributed by atoms with Crippen LogP contribution in [-0.2, 0) is 13.6 Å². The van der Waals surface area contributed by atoms with Gasteiger partial charge in [-0.3, -0.25) is 4.68 Å². The van der Waals surface area contributed by atoms with E-state index in [-0.39, 0.29) is 0 Å². The van der Waals surface area contributed by atoms with Crippen LogP contribution in [0.25, 0.3) is 10.9 Å². The van der Waals surface area contributed by atoms with Gasteiger partial charge in [-0.25, -0.2) is 4.98 Å². The summed E-state index contributed by atoms with van der Waals surface area (Å²) in [5, 5.41) is 8.89. The largest absolute Gasteiger partial charge is 0.497 e. The van der Waals surface area contributed by atoms with Crippen molar-refractivity contribution in [3.63, 3.8) is 0 Å². The van der Waals surface area contributed by atoms with E-state index in [4.69, 9.17) is 9.47 Å². The minimum atomic E-state index is 0.605. The molecule has 0 fully saturated rings. The van der Waals surface area contributed by atoms with Crippen molar-refractivity contribution >= 4 is 16.7 Å². The van der Waals surface area contributed by atoms with Crippen LogP contribution in [0.5, 0.6) is 11.5 Å². The summed E-state index contributed by atoms with van der Waals surface area (Å²) in [5.41, 5.74) is 3.05. The molecule has 0 atom stereocenters. The lowest BCUT2D eigenvalue weighted by molar-refractivity contribution is 0.391. The van der Waals surface area contributed by atoms with Gasteiger partial charge in [0, 0.05) is 31.4 Å². The topological polar surface area (TPSA) is 61.2 Å². The van der Waals surface area contributed by atoms with Gasteiger partial charge in [0.05, 0.1) is 30.8 Å². The van der Waals surface area contributed by atoms with Crippen LogP contribution in [0.2, 0.25) is 0 Å². The zero-order valence-corrected chi connectivity index (χ0v) is 13.8. The van der Waals surface area contributed by atoms with Crippen molar-refractivity contribution in [2.75, 3.05) is 19.5 Å². The highest BCUT2D eigenvalue weighted by atomic mass is 16.5. The van der Waals surface area contributed by atoms with Gasteiger partial charge in [-0.1, -0.05) is 0 Å². The first kappa shape index (κ1) is 15.1. The SMILES string of the molecule is COc1ccc(CNc2nccc3c2c(C)nn3C)c(OC)c1. The van der Waals surface area contributed by atoms with Gasteiger partial charge in [0.2, 0.25) is 0 Å². The zero-order chi connectivity index (χ0) is 16.4. The molecule has 3 aromatic rings. The van der Waals surface area contributed by atoms with E-state index in [1.165, 1.54) is 0 Å². The molecule has 0 aliphatic rings. The molecule has 0 saturated heterocycles. The van der Waals surface area contributed by atoms with Crippen LogP contribution in [0.4, 0.5) is 5.82 Å². The monoisotopic (exact) mass is 312 g/mol. The Morgan fingerprint density at radius 2 is 2.00 bits per heavy atom. The quantitative estimate of drug-likeness (QED) is 0.785. The van der Waals surface area contributed by atoms with Crippen LogP contribution in [-0.4, -0.2) is 29.0 Å². The Morgan fingerprint density at radius 1 is 1.17 bits per heavy atom. The highest BCUT2D eigenvalue weighted by Crippen LogP contribution is 2.27. The minimum absolute atomic E-state index is 0.605. The third-order valence-electron chi connectivity index (χ3n) is 3.88. The average Bonchev–Trinajstić information content (AvgIpc) is 2.87. The van der Waals surface area contributed by atoms with E-state index in [9.17, 15) is 0 Å². The van der Waals surface area contributed by atoms with Crippen molar-refractivity contribution < 1.29 is 9.47 Å². The summed E-state index contributed by atoms with van der Waals surface area (Å²) in [6.45, 7) is 2.59. The average molecular weight is 312 g/mol. The summed E-state index contributed by atoms with van der Waals surface area (Å²) in [7, 11) is 5.23. The van der Waals surface area contributed by atoms with Crippen molar-refractivity contribution in [3.8, 4) is 11.5 Å². The van der Waals surface area contributed by atoms with Gasteiger partial charge >= 0.3 is 0 Å². The smallest absolute Gasteiger partial charge is 0.137 e. The van der Waals surface area contributed by atoms with Crippen LogP contribution in [0.1, 0.15) is 11.3 Å². The Hall–Kier alpha value is -2.76. The normalized spacial score (nSPS) is 10.8. The first-order chi connectivity index (χ1) is 11.1. The van der Waals surface area contributed by atoms with Gasteiger partial charge in [-0.05, 0) is 25.1 Å². The number of hydrogen-bond acceptors (Lipinski definition) is 5. The maximum absolute atomic E-state index is 5.43. The number of aromatic nitrogens is 3. The van der Waals surface area contributed by atoms with E-state index in [1.807, 2.05) is 42.9 Å². The number of anilines is 1. The van der Waals surface area contributed by atoms with E-state index in [0.717, 1.165) is 39.5 Å². The predicted octanol–water partition coefficient (Wildman–Crippen LogP) is 2.91. The second-order valence-corrected chi connectivity index (χ2v) is 5.29. The number of methoxy groups -OCH3 is 2. The number of hydrogen-bond donors (Lipinski definition) is 1. The van der Waals surface area contributed by atoms with Crippen molar-refractivity contribution in [3.05, 3.63) is 41.7 Å². The highest BCUT2D eigenvalue weighted by molar-refractivity contribution is 5.91. The van der Waals surface area contributed by atoms with Crippen LogP contribution in [0.3, 0.4) is 0 Å². The first-order valence-electron chi connectivity index (χ1n) is 7.37. The van der Waals surface area contributed by atoms with E-state index >= 15 is 0 Å². The molecule has 120 valence electrons. The Kier molecular flexibility index (Phi) is 4.06. The molecule has 0 spiro atoms. The Bertz CT molecular complexity index is 842. The molecule has 2 heterocycles. The molecule has 0 amide bonds. The number of fused-ring (bicyclic) bond motifs is 1. The van der Waals surface area contributed by atoms with Gasteiger partial charge < -0.3 is 14.8 Å². The van der Waals surface area contributed by atoms with Crippen molar-refractivity contribution in [1.82, 2.24) is 14.8 Å². The van der Waals surface area contributed by atoms with Crippen molar-refractivity contribution in [1.29, 1.82) is 0 Å². The lowest BCUT2D eigenvalue weighted by atomic mass is 10.2. The number of rotatable bonds is 5. The molecule has 3 rings (SSSR count). The maximum Gasteiger partial charge on any atom is 0.137 e. The number of ether oxygens (including phenoxy) is 2. The molecule has 0 aliphatic carbocycles. The summed E-state index contributed by atoms with van der Waals surface area (Å²) < 4.78 is 12.5. The van der Waals surface area contributed by atoms with Gasteiger partial charge in [0.25, 0.3) is 0 Å². The number of benzene rings is 1. The Balaban J connectivity index is 1.89. The number of nitrogens with one attached hydrogen (secondary N) is 1. The lowest BCUT2D eigenvalue weighted by Gasteiger charge is -2.12. The van der Waals surface area contributed by atoms with Crippen LogP contribution < -0.4 is 14.8 Å². The van der Waals surface area contributed by atoms with Gasteiger partial charge in [-0.15, -0.1) is 0 Å². The minimum Gasteiger partial charge on any atom is -0.497 e. The van der Waals surface area contributed by atoms with Gasteiger partial charge in [0.15, 0.2) is 0 Å². The highest BCUT2D eigenvalue weighted by Gasteiger charge is 2.11. The molecule has 0 radical (unpaired) electrons. The second-order valence-electron chi connectivity index (χ2n) is 5.29. The molecule has 6 nitrogen and oxygen atoms in total. The zero-order valence-electron chi connectivity index (χ0n) is 13.8. The molecule has 2 aromatic heterocycles. The van der Waals surface area contributed by atoms with Crippen molar-refractivity contribution in [2.24, 2.45) is 7.05 Å². The molecule has 1 N–H and O–H groups in total. The molecule has 0 bridgehead atoms. The third kappa shape index (κ3) is 2.79. The van der Waals surface area contributed by atoms with Crippen LogP contribution in [0, 0.1) is 6.92 Å². The molecule has 0 saturated carbocycles. The van der Waals surface area contributed by atoms with Crippen LogP contribution in [0.15, 0.2) is 30.5 Å². The third-order valence-corrected chi connectivity index (χ3v) is 3.88. The maximum atomic E-state index is 5.43. The lowest BCUT2D eigenvalue weighted by Crippen LogP contribution is -2.04. The fourth-order valence-corrected chi connectivity index (χ4v) is 2.72. The summed E-state index contributed by atoms with van der Waals surface area (Å²) in [4.78, 5) is 4.46. The predicted molar refractivity (Wildman–Crippen MR) is 90.1 cm³/mol. The first-order valence-corrected chi connectivity index (χ1v) is 7.37. The summed E-state index contributed by atoms with van der Waals surface area (Å²) in [6, 6.07) is 7.75. The molecular formula is C17H20N4O2. The standard InChI is InChI=1S/C17H20N4O2/c1-11-16-14(21(2)20-11)7-8-18-17(16)19-10-12-5-6-13(22-3)9-15(12)23-4/h5-9H,10H2,1-4H3,(H,18,19). The van der Waals surface area contributed by atoms with Gasteiger partial charge in [-0.2, -0.15) is 5.10 Å². The van der Waals surface area contributed by atoms with Crippen LogP contribution >= 0.6 is 0 Å². The molecule has 0 aliphatic heterocycles. The summed E-state index contributed by atoms with van der Waals surface area (Å²) >= 11 is 0. The summed E-state index contributed by atoms with van der Waals surface area (Å²) in [5.74, 6) is 2.38. The molecular weight excluding hydrogens is 292 g/mol. The number of pyridine rings is 1. The van der Waals surface area contributed by atoms with Gasteiger partial charge in [0.1, 0.15) is 17.3 Å². The van der Waals surface area contributed by atoms with E-state index in [0.29, 0.717) is 6.54 Å². The Labute approximate surface area is 135 Å². The van der Waals surface area contributed by atoms with E-state index < -0.39 is 0 Å². The molecule has 1 aromatic carbocycles. The summed E-state index contributed by atoms with van der Waals surface area (Å²) in [6.07, 6.45) is 1.79. The molecule has 6 heteroatoms. The fourth-order valence-electron chi connectivity index (χ4n) is 2.72. The van der Waals surface area contributed by atoms with Crippen molar-refractivity contribution in [2.45, 2.75) is 13.5 Å².